The molecule has 3 amide bonds. The Morgan fingerprint density at radius 2 is 1.86 bits per heavy atom. The number of carbonyl (C=O) groups is 3. The number of hydrogen-bond acceptors (Lipinski definition) is 5. The zero-order chi connectivity index (χ0) is 21.5. The molecule has 2 unspecified atom stereocenters. The van der Waals surface area contributed by atoms with E-state index in [1.807, 2.05) is 6.92 Å². The number of aliphatic hydroxyl groups excluding tert-OH is 1. The molecule has 0 spiro atoms. The highest BCUT2D eigenvalue weighted by atomic mass is 19.4. The fraction of sp³-hybridized carbons (Fsp3) is 0.471. The number of nitrogens with one attached hydrogen (secondary N) is 2. The largest absolute Gasteiger partial charge is 0.416 e. The minimum absolute atomic E-state index is 0.0414. The van der Waals surface area contributed by atoms with Crippen molar-refractivity contribution in [2.45, 2.75) is 38.1 Å². The van der Waals surface area contributed by atoms with Gasteiger partial charge >= 0.3 is 6.18 Å². The quantitative estimate of drug-likeness (QED) is 0.397. The summed E-state index contributed by atoms with van der Waals surface area (Å²) in [7, 11) is 0. The van der Waals surface area contributed by atoms with Crippen molar-refractivity contribution in [2.75, 3.05) is 13.1 Å². The van der Waals surface area contributed by atoms with Gasteiger partial charge in [0.25, 0.3) is 5.91 Å². The predicted molar refractivity (Wildman–Crippen MR) is 94.2 cm³/mol. The predicted octanol–water partition coefficient (Wildman–Crippen LogP) is 0.139. The number of rotatable bonds is 9. The zero-order valence-electron chi connectivity index (χ0n) is 15.2. The molecule has 0 heterocycles. The Balaban J connectivity index is 2.87. The second kappa shape index (κ2) is 10.0. The average molecular weight is 404 g/mol. The van der Waals surface area contributed by atoms with Crippen molar-refractivity contribution in [3.05, 3.63) is 34.9 Å². The van der Waals surface area contributed by atoms with Crippen LogP contribution in [0.25, 0.3) is 0 Å². The lowest BCUT2D eigenvalue weighted by Gasteiger charge is -2.22. The second-order valence-electron chi connectivity index (χ2n) is 6.07. The molecule has 0 saturated carbocycles. The second-order valence-corrected chi connectivity index (χ2v) is 6.07. The van der Waals surface area contributed by atoms with E-state index in [0.29, 0.717) is 25.0 Å². The molecule has 0 saturated heterocycles. The van der Waals surface area contributed by atoms with Crippen LogP contribution in [0.2, 0.25) is 0 Å². The Labute approximate surface area is 159 Å². The van der Waals surface area contributed by atoms with Crippen molar-refractivity contribution in [3.8, 4) is 0 Å². The lowest BCUT2D eigenvalue weighted by molar-refractivity contribution is -0.137. The van der Waals surface area contributed by atoms with Crippen molar-refractivity contribution < 1.29 is 32.7 Å². The molecule has 156 valence electrons. The molecule has 0 bridgehead atoms. The third-order valence-electron chi connectivity index (χ3n) is 3.92. The maximum absolute atomic E-state index is 12.9. The molecule has 8 nitrogen and oxygen atoms in total. The van der Waals surface area contributed by atoms with Crippen LogP contribution in [0.3, 0.4) is 0 Å². The van der Waals surface area contributed by atoms with E-state index in [1.165, 1.54) is 0 Å². The number of alkyl halides is 3. The van der Waals surface area contributed by atoms with Crippen LogP contribution in [0.15, 0.2) is 18.2 Å². The summed E-state index contributed by atoms with van der Waals surface area (Å²) in [5.74, 6) is -2.87. The first-order chi connectivity index (χ1) is 13.0. The summed E-state index contributed by atoms with van der Waals surface area (Å²) in [4.78, 5) is 35.5. The molecule has 0 aromatic heterocycles. The summed E-state index contributed by atoms with van der Waals surface area (Å²) in [5, 5.41) is 14.4. The van der Waals surface area contributed by atoms with Gasteiger partial charge < -0.3 is 27.2 Å². The number of halogens is 3. The molecule has 7 N–H and O–H groups in total. The molecular formula is C17H23F3N4O4. The van der Waals surface area contributed by atoms with Gasteiger partial charge in [-0.15, -0.1) is 0 Å². The SMILES string of the molecule is CCCC(O)C(CN)NC(=O)CNC(=O)c1cc(C(F)(F)F)ccc1C(N)=O. The summed E-state index contributed by atoms with van der Waals surface area (Å²) >= 11 is 0. The highest BCUT2D eigenvalue weighted by Gasteiger charge is 2.32. The molecule has 0 aliphatic heterocycles. The van der Waals surface area contributed by atoms with E-state index >= 15 is 0 Å². The molecule has 11 heteroatoms. The Morgan fingerprint density at radius 1 is 1.21 bits per heavy atom. The van der Waals surface area contributed by atoms with Crippen LogP contribution < -0.4 is 22.1 Å². The molecule has 0 aliphatic rings. The van der Waals surface area contributed by atoms with E-state index in [4.69, 9.17) is 11.5 Å². The maximum Gasteiger partial charge on any atom is 0.416 e. The van der Waals surface area contributed by atoms with Gasteiger partial charge in [0.05, 0.1) is 35.4 Å². The minimum atomic E-state index is -4.73. The van der Waals surface area contributed by atoms with Crippen molar-refractivity contribution in [2.24, 2.45) is 11.5 Å². The monoisotopic (exact) mass is 404 g/mol. The first-order valence-electron chi connectivity index (χ1n) is 8.48. The third-order valence-corrected chi connectivity index (χ3v) is 3.92. The lowest BCUT2D eigenvalue weighted by atomic mass is 10.0. The zero-order valence-corrected chi connectivity index (χ0v) is 15.2. The number of nitrogens with two attached hydrogens (primary N) is 2. The van der Waals surface area contributed by atoms with Gasteiger partial charge in [0.2, 0.25) is 11.8 Å². The van der Waals surface area contributed by atoms with E-state index < -0.39 is 59.3 Å². The molecule has 0 fully saturated rings. The molecule has 0 aliphatic carbocycles. The van der Waals surface area contributed by atoms with Crippen LogP contribution in [0, 0.1) is 0 Å². The number of carbonyl (C=O) groups excluding carboxylic acids is 3. The standard InChI is InChI=1S/C17H23F3N4O4/c1-2-3-13(25)12(7-21)24-14(26)8-23-16(28)11-6-9(17(18,19)20)4-5-10(11)15(22)27/h4-6,12-13,25H,2-3,7-8,21H2,1H3,(H2,22,27)(H,23,28)(H,24,26). The molecule has 1 aromatic carbocycles. The lowest BCUT2D eigenvalue weighted by Crippen LogP contribution is -2.50. The number of benzene rings is 1. The Hall–Kier alpha value is -2.66. The molecule has 0 radical (unpaired) electrons. The summed E-state index contributed by atoms with van der Waals surface area (Å²) in [6.07, 6.45) is -4.54. The molecule has 28 heavy (non-hydrogen) atoms. The van der Waals surface area contributed by atoms with Crippen LogP contribution in [0.5, 0.6) is 0 Å². The van der Waals surface area contributed by atoms with E-state index in [2.05, 4.69) is 10.6 Å². The van der Waals surface area contributed by atoms with Gasteiger partial charge in [-0.1, -0.05) is 13.3 Å². The third kappa shape index (κ3) is 6.50. The van der Waals surface area contributed by atoms with Gasteiger partial charge in [-0.3, -0.25) is 14.4 Å². The number of aliphatic hydroxyl groups is 1. The summed E-state index contributed by atoms with van der Waals surface area (Å²) in [6.45, 7) is 1.20. The number of amides is 3. The van der Waals surface area contributed by atoms with Crippen molar-refractivity contribution in [3.63, 3.8) is 0 Å². The van der Waals surface area contributed by atoms with Crippen molar-refractivity contribution >= 4 is 17.7 Å². The summed E-state index contributed by atoms with van der Waals surface area (Å²) in [6, 6.07) is 1.18. The van der Waals surface area contributed by atoms with Gasteiger partial charge in [-0.2, -0.15) is 13.2 Å². The van der Waals surface area contributed by atoms with Crippen LogP contribution >= 0.6 is 0 Å². The van der Waals surface area contributed by atoms with E-state index in [0.717, 1.165) is 6.07 Å². The van der Waals surface area contributed by atoms with Crippen LogP contribution in [0.1, 0.15) is 46.0 Å². The van der Waals surface area contributed by atoms with Crippen molar-refractivity contribution in [1.82, 2.24) is 10.6 Å². The van der Waals surface area contributed by atoms with Gasteiger partial charge in [-0.25, -0.2) is 0 Å². The molecule has 1 aromatic rings. The highest BCUT2D eigenvalue weighted by molar-refractivity contribution is 6.07. The first-order valence-corrected chi connectivity index (χ1v) is 8.48. The Morgan fingerprint density at radius 3 is 2.36 bits per heavy atom. The average Bonchev–Trinajstić information content (AvgIpc) is 2.62. The van der Waals surface area contributed by atoms with E-state index in [-0.39, 0.29) is 6.54 Å². The fourth-order valence-electron chi connectivity index (χ4n) is 2.45. The van der Waals surface area contributed by atoms with E-state index in [9.17, 15) is 32.7 Å². The van der Waals surface area contributed by atoms with Crippen LogP contribution in [-0.4, -0.2) is 48.1 Å². The molecular weight excluding hydrogens is 381 g/mol. The van der Waals surface area contributed by atoms with Gasteiger partial charge in [0.15, 0.2) is 0 Å². The Kier molecular flexibility index (Phi) is 8.38. The van der Waals surface area contributed by atoms with Crippen LogP contribution in [-0.2, 0) is 11.0 Å². The number of hydrogen-bond donors (Lipinski definition) is 5. The Bertz CT molecular complexity index is 725. The maximum atomic E-state index is 12.9. The summed E-state index contributed by atoms with van der Waals surface area (Å²) in [5.41, 5.74) is 8.43. The van der Waals surface area contributed by atoms with Crippen LogP contribution in [0.4, 0.5) is 13.2 Å². The first kappa shape index (κ1) is 23.4. The van der Waals surface area contributed by atoms with Gasteiger partial charge in [-0.05, 0) is 24.6 Å². The molecule has 1 rings (SSSR count). The van der Waals surface area contributed by atoms with E-state index in [1.54, 1.807) is 0 Å². The highest BCUT2D eigenvalue weighted by Crippen LogP contribution is 2.30. The summed E-state index contributed by atoms with van der Waals surface area (Å²) < 4.78 is 38.6. The molecule has 2 atom stereocenters. The van der Waals surface area contributed by atoms with Crippen molar-refractivity contribution in [1.29, 1.82) is 0 Å². The van der Waals surface area contributed by atoms with Gasteiger partial charge in [0.1, 0.15) is 0 Å². The smallest absolute Gasteiger partial charge is 0.391 e. The fourth-order valence-corrected chi connectivity index (χ4v) is 2.45. The topological polar surface area (TPSA) is 148 Å². The minimum Gasteiger partial charge on any atom is -0.391 e. The number of primary amides is 1. The normalized spacial score (nSPS) is 13.5. The van der Waals surface area contributed by atoms with Gasteiger partial charge in [0, 0.05) is 6.54 Å².